The fourth-order valence-electron chi connectivity index (χ4n) is 5.65. The molecular weight excluding hydrogens is 550 g/mol. The summed E-state index contributed by atoms with van der Waals surface area (Å²) in [5.74, 6) is 0.298. The maximum Gasteiger partial charge on any atom is 0.163 e. The average Bonchev–Trinajstić information content (AvgIpc) is 3.02. The van der Waals surface area contributed by atoms with E-state index in [2.05, 4.69) is 30.8 Å². The zero-order valence-electron chi connectivity index (χ0n) is 25.7. The molecule has 10 atom stereocenters. The molecule has 43 heavy (non-hydrogen) atoms. The minimum atomic E-state index is -0.876. The molecule has 0 amide bonds. The Bertz CT molecular complexity index is 1120. The first-order valence-corrected chi connectivity index (χ1v) is 15.4. The van der Waals surface area contributed by atoms with Crippen LogP contribution in [-0.4, -0.2) is 68.5 Å². The molecule has 4 unspecified atom stereocenters. The molecule has 0 spiro atoms. The summed E-state index contributed by atoms with van der Waals surface area (Å²) in [7, 11) is 0. The van der Waals surface area contributed by atoms with Gasteiger partial charge in [0.05, 0.1) is 38.6 Å². The van der Waals surface area contributed by atoms with E-state index in [4.69, 9.17) is 34.0 Å². The van der Waals surface area contributed by atoms with Crippen LogP contribution in [-0.2, 0) is 41.6 Å². The van der Waals surface area contributed by atoms with Crippen molar-refractivity contribution in [3.63, 3.8) is 0 Å². The van der Waals surface area contributed by atoms with Crippen molar-refractivity contribution in [2.24, 2.45) is 28.8 Å². The predicted molar refractivity (Wildman–Crippen MR) is 162 cm³/mol. The first-order valence-electron chi connectivity index (χ1n) is 15.4. The van der Waals surface area contributed by atoms with Crippen LogP contribution in [0.25, 0.3) is 10.4 Å². The van der Waals surface area contributed by atoms with Gasteiger partial charge in [0, 0.05) is 29.9 Å². The van der Waals surface area contributed by atoms with E-state index in [0.29, 0.717) is 45.3 Å². The lowest BCUT2D eigenvalue weighted by Gasteiger charge is -2.48. The molecule has 0 aromatic heterocycles. The van der Waals surface area contributed by atoms with Crippen LogP contribution in [0, 0.1) is 23.7 Å². The van der Waals surface area contributed by atoms with Gasteiger partial charge in [-0.2, -0.15) is 0 Å². The van der Waals surface area contributed by atoms with E-state index >= 15 is 0 Å². The Balaban J connectivity index is 1.41. The third-order valence-corrected chi connectivity index (χ3v) is 8.79. The summed E-state index contributed by atoms with van der Waals surface area (Å²) in [6.45, 7) is 10.7. The standard InChI is InChI=1S/C33H47N3O7/c1-22-23(2)28(20-38-18-26-12-7-5-8-13-26)41-33(24(22)3)43-31-29(21-39-19-27-14-9-6-10-15-27)42-32(25(4)30(31)37)40-17-11-16-35-36-34/h5-10,12-15,22-25,28-33,37H,11,16-21H2,1-4H3/t22-,23+,24?,25?,28?,29?,30+,31+,32+,33-/m0/s1. The predicted octanol–water partition coefficient (Wildman–Crippen LogP) is 5.88. The first kappa shape index (κ1) is 33.4. The molecule has 1 N–H and O–H groups in total. The Kier molecular flexibility index (Phi) is 13.3. The van der Waals surface area contributed by atoms with Gasteiger partial charge in [-0.3, -0.25) is 0 Å². The largest absolute Gasteiger partial charge is 0.390 e. The lowest BCUT2D eigenvalue weighted by Crippen LogP contribution is -2.59. The summed E-state index contributed by atoms with van der Waals surface area (Å²) in [5.41, 5.74) is 10.7. The number of hydrogen-bond donors (Lipinski definition) is 1. The summed E-state index contributed by atoms with van der Waals surface area (Å²) >= 11 is 0. The van der Waals surface area contributed by atoms with Gasteiger partial charge in [0.15, 0.2) is 12.6 Å². The topological polar surface area (TPSA) is 124 Å². The van der Waals surface area contributed by atoms with Crippen molar-refractivity contribution in [3.05, 3.63) is 82.2 Å². The lowest BCUT2D eigenvalue weighted by molar-refractivity contribution is -0.338. The van der Waals surface area contributed by atoms with Crippen molar-refractivity contribution >= 4 is 0 Å². The summed E-state index contributed by atoms with van der Waals surface area (Å²) < 4.78 is 37.6. The van der Waals surface area contributed by atoms with Gasteiger partial charge in [-0.15, -0.1) is 0 Å². The van der Waals surface area contributed by atoms with Gasteiger partial charge in [0.2, 0.25) is 0 Å². The molecule has 236 valence electrons. The Hall–Kier alpha value is -2.53. The molecule has 0 aliphatic carbocycles. The molecule has 2 saturated heterocycles. The lowest BCUT2D eigenvalue weighted by atomic mass is 9.79. The number of rotatable bonds is 15. The number of aliphatic hydroxyl groups is 1. The summed E-state index contributed by atoms with van der Waals surface area (Å²) in [6, 6.07) is 20.0. The Morgan fingerprint density at radius 1 is 0.767 bits per heavy atom. The molecule has 10 heteroatoms. The third-order valence-electron chi connectivity index (χ3n) is 8.79. The maximum absolute atomic E-state index is 11.5. The average molecular weight is 598 g/mol. The van der Waals surface area contributed by atoms with Crippen LogP contribution in [0.15, 0.2) is 65.8 Å². The van der Waals surface area contributed by atoms with Crippen LogP contribution in [0.5, 0.6) is 0 Å². The van der Waals surface area contributed by atoms with Crippen molar-refractivity contribution in [1.29, 1.82) is 0 Å². The number of hydrogen-bond acceptors (Lipinski definition) is 8. The van der Waals surface area contributed by atoms with Gasteiger partial charge in [-0.25, -0.2) is 0 Å². The van der Waals surface area contributed by atoms with Crippen molar-refractivity contribution in [2.45, 2.75) is 84.3 Å². The van der Waals surface area contributed by atoms with Gasteiger partial charge in [-0.1, -0.05) is 93.5 Å². The summed E-state index contributed by atoms with van der Waals surface area (Å²) in [4.78, 5) is 2.78. The minimum absolute atomic E-state index is 0.0865. The van der Waals surface area contributed by atoms with E-state index in [9.17, 15) is 5.11 Å². The zero-order chi connectivity index (χ0) is 30.6. The molecule has 2 aromatic rings. The highest BCUT2D eigenvalue weighted by Crippen LogP contribution is 2.38. The first-order chi connectivity index (χ1) is 20.9. The normalized spacial score (nSPS) is 32.7. The SMILES string of the molecule is CC1[C@H](O[C@@H]2C(COCc3ccccc3)O[C@@H](OCCCN=[N+]=[N-])C(C)[C@H]2O)OC(COCc2ccccc2)[C@H](C)[C@@H]1C. The quantitative estimate of drug-likeness (QED) is 0.118. The number of azide groups is 1. The zero-order valence-corrected chi connectivity index (χ0v) is 25.7. The second kappa shape index (κ2) is 17.1. The van der Waals surface area contributed by atoms with Gasteiger partial charge in [0.25, 0.3) is 0 Å². The number of benzene rings is 2. The monoisotopic (exact) mass is 597 g/mol. The molecule has 0 radical (unpaired) electrons. The van der Waals surface area contributed by atoms with Crippen LogP contribution < -0.4 is 0 Å². The van der Waals surface area contributed by atoms with Crippen LogP contribution in [0.3, 0.4) is 0 Å². The van der Waals surface area contributed by atoms with Crippen LogP contribution in [0.4, 0.5) is 0 Å². The molecular formula is C33H47N3O7. The molecule has 2 aromatic carbocycles. The van der Waals surface area contributed by atoms with E-state index in [0.717, 1.165) is 11.1 Å². The number of nitrogens with zero attached hydrogens (tertiary/aromatic N) is 3. The Labute approximate surface area is 255 Å². The fourth-order valence-corrected chi connectivity index (χ4v) is 5.65. The smallest absolute Gasteiger partial charge is 0.163 e. The van der Waals surface area contributed by atoms with Crippen molar-refractivity contribution < 1.29 is 33.5 Å². The van der Waals surface area contributed by atoms with Crippen molar-refractivity contribution in [1.82, 2.24) is 0 Å². The minimum Gasteiger partial charge on any atom is -0.390 e. The van der Waals surface area contributed by atoms with E-state index in [1.807, 2.05) is 67.6 Å². The van der Waals surface area contributed by atoms with Crippen molar-refractivity contribution in [3.8, 4) is 0 Å². The molecule has 2 aliphatic heterocycles. The van der Waals surface area contributed by atoms with E-state index < -0.39 is 30.9 Å². The molecule has 4 rings (SSSR count). The highest BCUT2D eigenvalue weighted by molar-refractivity contribution is 5.14. The maximum atomic E-state index is 11.5. The Morgan fingerprint density at radius 3 is 1.95 bits per heavy atom. The van der Waals surface area contributed by atoms with Gasteiger partial charge < -0.3 is 33.5 Å². The second-order valence-corrected chi connectivity index (χ2v) is 11.8. The fraction of sp³-hybridized carbons (Fsp3) is 0.636. The van der Waals surface area contributed by atoms with E-state index in [1.165, 1.54) is 0 Å². The van der Waals surface area contributed by atoms with E-state index in [1.54, 1.807) is 0 Å². The van der Waals surface area contributed by atoms with E-state index in [-0.39, 0.29) is 30.5 Å². The molecule has 0 saturated carbocycles. The van der Waals surface area contributed by atoms with Crippen molar-refractivity contribution in [2.75, 3.05) is 26.4 Å². The molecule has 2 fully saturated rings. The molecule has 10 nitrogen and oxygen atoms in total. The Morgan fingerprint density at radius 2 is 1.35 bits per heavy atom. The molecule has 2 heterocycles. The summed E-state index contributed by atoms with van der Waals surface area (Å²) in [6.07, 6.45) is -2.96. The second-order valence-electron chi connectivity index (χ2n) is 11.8. The van der Waals surface area contributed by atoms with Gasteiger partial charge in [0.1, 0.15) is 12.2 Å². The van der Waals surface area contributed by atoms with Crippen LogP contribution in [0.1, 0.15) is 45.2 Å². The molecule has 0 bridgehead atoms. The molecule has 2 aliphatic rings. The number of ether oxygens (including phenoxy) is 6. The van der Waals surface area contributed by atoms with Crippen LogP contribution >= 0.6 is 0 Å². The van der Waals surface area contributed by atoms with Crippen LogP contribution in [0.2, 0.25) is 0 Å². The highest BCUT2D eigenvalue weighted by atomic mass is 16.7. The van der Waals surface area contributed by atoms with Gasteiger partial charge in [-0.05, 0) is 34.9 Å². The highest BCUT2D eigenvalue weighted by Gasteiger charge is 2.48. The van der Waals surface area contributed by atoms with Gasteiger partial charge >= 0.3 is 0 Å². The third kappa shape index (κ3) is 9.48. The number of aliphatic hydroxyl groups excluding tert-OH is 1. The summed E-state index contributed by atoms with van der Waals surface area (Å²) in [5, 5.41) is 15.1.